The van der Waals surface area contributed by atoms with E-state index >= 15 is 0 Å². The van der Waals surface area contributed by atoms with Crippen molar-refractivity contribution in [2.75, 3.05) is 6.61 Å². The third-order valence-electron chi connectivity index (χ3n) is 5.21. The molecule has 9 heteroatoms. The lowest BCUT2D eigenvalue weighted by molar-refractivity contribution is -0.384. The van der Waals surface area contributed by atoms with Gasteiger partial charge >= 0.3 is 0 Å². The summed E-state index contributed by atoms with van der Waals surface area (Å²) in [5, 5.41) is 17.4. The van der Waals surface area contributed by atoms with Crippen LogP contribution in [-0.4, -0.2) is 34.4 Å². The summed E-state index contributed by atoms with van der Waals surface area (Å²) in [5.74, 6) is 0.0992. The lowest BCUT2D eigenvalue weighted by Crippen LogP contribution is -2.31. The van der Waals surface area contributed by atoms with Crippen LogP contribution in [0, 0.1) is 10.1 Å². The molecule has 1 aliphatic heterocycles. The number of nitro benzene ring substituents is 1. The standard InChI is InChI=1S/C24H18ClN3O5/c25-19-7-3-18(4-8-19)23-13-22(17-5-9-20(10-6-17)28(31)32)26-27(23)24(30)15-33-21-11-1-16(14-29)2-12-21/h1-12,14,23H,13,15H2. The Morgan fingerprint density at radius 2 is 1.76 bits per heavy atom. The maximum atomic E-state index is 13.0. The van der Waals surface area contributed by atoms with Gasteiger partial charge in [0.15, 0.2) is 6.61 Å². The van der Waals surface area contributed by atoms with Gasteiger partial charge in [-0.05, 0) is 59.7 Å². The van der Waals surface area contributed by atoms with Gasteiger partial charge in [0.2, 0.25) is 0 Å². The molecular weight excluding hydrogens is 446 g/mol. The van der Waals surface area contributed by atoms with Gasteiger partial charge in [-0.15, -0.1) is 0 Å². The topological polar surface area (TPSA) is 102 Å². The Balaban J connectivity index is 1.56. The molecule has 33 heavy (non-hydrogen) atoms. The lowest BCUT2D eigenvalue weighted by Gasteiger charge is -2.22. The van der Waals surface area contributed by atoms with Gasteiger partial charge in [-0.25, -0.2) is 5.01 Å². The highest BCUT2D eigenvalue weighted by atomic mass is 35.5. The van der Waals surface area contributed by atoms with Crippen molar-refractivity contribution < 1.29 is 19.2 Å². The first-order valence-corrected chi connectivity index (χ1v) is 10.4. The van der Waals surface area contributed by atoms with Crippen LogP contribution in [-0.2, 0) is 4.79 Å². The van der Waals surface area contributed by atoms with Crippen molar-refractivity contribution >= 4 is 35.2 Å². The number of nitro groups is 1. The number of amides is 1. The lowest BCUT2D eigenvalue weighted by atomic mass is 9.98. The van der Waals surface area contributed by atoms with E-state index in [1.807, 2.05) is 12.1 Å². The second kappa shape index (κ2) is 9.62. The minimum absolute atomic E-state index is 0.0199. The van der Waals surface area contributed by atoms with E-state index in [1.165, 1.54) is 17.1 Å². The van der Waals surface area contributed by atoms with Crippen LogP contribution in [0.3, 0.4) is 0 Å². The van der Waals surface area contributed by atoms with E-state index in [1.54, 1.807) is 48.5 Å². The Labute approximate surface area is 194 Å². The van der Waals surface area contributed by atoms with Crippen LogP contribution in [0.15, 0.2) is 77.9 Å². The third-order valence-corrected chi connectivity index (χ3v) is 5.46. The van der Waals surface area contributed by atoms with E-state index in [0.29, 0.717) is 34.0 Å². The minimum Gasteiger partial charge on any atom is -0.484 e. The van der Waals surface area contributed by atoms with Gasteiger partial charge in [-0.3, -0.25) is 19.7 Å². The quantitative estimate of drug-likeness (QED) is 0.284. The van der Waals surface area contributed by atoms with Crippen LogP contribution >= 0.6 is 11.6 Å². The zero-order valence-electron chi connectivity index (χ0n) is 17.3. The average Bonchev–Trinajstić information content (AvgIpc) is 3.29. The molecule has 0 bridgehead atoms. The molecule has 0 aliphatic carbocycles. The Morgan fingerprint density at radius 3 is 2.36 bits per heavy atom. The zero-order valence-corrected chi connectivity index (χ0v) is 18.0. The van der Waals surface area contributed by atoms with Gasteiger partial charge in [-0.2, -0.15) is 5.10 Å². The molecule has 166 valence electrons. The fourth-order valence-corrected chi connectivity index (χ4v) is 3.61. The molecule has 0 saturated heterocycles. The van der Waals surface area contributed by atoms with Crippen LogP contribution in [0.2, 0.25) is 5.02 Å². The molecule has 1 amide bonds. The van der Waals surface area contributed by atoms with E-state index in [-0.39, 0.29) is 24.2 Å². The molecule has 1 unspecified atom stereocenters. The van der Waals surface area contributed by atoms with Crippen LogP contribution in [0.4, 0.5) is 5.69 Å². The Hall–Kier alpha value is -4.04. The molecule has 8 nitrogen and oxygen atoms in total. The van der Waals surface area contributed by atoms with Gasteiger partial charge in [0, 0.05) is 29.1 Å². The molecule has 4 rings (SSSR count). The number of benzene rings is 3. The van der Waals surface area contributed by atoms with Crippen LogP contribution in [0.5, 0.6) is 5.75 Å². The maximum Gasteiger partial charge on any atom is 0.281 e. The molecule has 3 aromatic carbocycles. The molecule has 1 atom stereocenters. The third kappa shape index (κ3) is 5.07. The van der Waals surface area contributed by atoms with E-state index in [9.17, 15) is 19.7 Å². The number of nitrogens with zero attached hydrogens (tertiary/aromatic N) is 3. The number of aldehydes is 1. The molecule has 1 heterocycles. The fraction of sp³-hybridized carbons (Fsp3) is 0.125. The minimum atomic E-state index is -0.467. The summed E-state index contributed by atoms with van der Waals surface area (Å²) in [5.41, 5.74) is 2.67. The van der Waals surface area contributed by atoms with Gasteiger partial charge in [0.25, 0.3) is 11.6 Å². The normalized spacial score (nSPS) is 15.1. The molecule has 0 N–H and O–H groups in total. The van der Waals surface area contributed by atoms with E-state index in [4.69, 9.17) is 16.3 Å². The Bertz CT molecular complexity index is 1210. The van der Waals surface area contributed by atoms with Crippen LogP contribution < -0.4 is 4.74 Å². The summed E-state index contributed by atoms with van der Waals surface area (Å²) in [6, 6.07) is 19.3. The van der Waals surface area contributed by atoms with Crippen molar-refractivity contribution in [3.05, 3.63) is 105 Å². The molecule has 3 aromatic rings. The number of carbonyl (C=O) groups excluding carboxylic acids is 2. The van der Waals surface area contributed by atoms with Crippen molar-refractivity contribution in [1.82, 2.24) is 5.01 Å². The van der Waals surface area contributed by atoms with Gasteiger partial charge < -0.3 is 4.74 Å². The molecule has 0 aromatic heterocycles. The summed E-state index contributed by atoms with van der Waals surface area (Å²) in [4.78, 5) is 34.3. The predicted octanol–water partition coefficient (Wildman–Crippen LogP) is 4.82. The van der Waals surface area contributed by atoms with E-state index in [0.717, 1.165) is 11.8 Å². The van der Waals surface area contributed by atoms with Crippen molar-refractivity contribution in [2.24, 2.45) is 5.10 Å². The second-order valence-electron chi connectivity index (χ2n) is 7.34. The molecular formula is C24H18ClN3O5. The van der Waals surface area contributed by atoms with Gasteiger partial charge in [0.1, 0.15) is 12.0 Å². The summed E-state index contributed by atoms with van der Waals surface area (Å²) >= 11 is 6.02. The fourth-order valence-electron chi connectivity index (χ4n) is 3.49. The summed E-state index contributed by atoms with van der Waals surface area (Å²) in [6.45, 7) is -0.248. The largest absolute Gasteiger partial charge is 0.484 e. The molecule has 0 fully saturated rings. The Kier molecular flexibility index (Phi) is 6.46. The number of halogens is 1. The predicted molar refractivity (Wildman–Crippen MR) is 123 cm³/mol. The summed E-state index contributed by atoms with van der Waals surface area (Å²) < 4.78 is 5.59. The van der Waals surface area contributed by atoms with Crippen LogP contribution in [0.1, 0.15) is 33.9 Å². The highest BCUT2D eigenvalue weighted by Crippen LogP contribution is 2.33. The molecule has 0 spiro atoms. The van der Waals surface area contributed by atoms with Crippen molar-refractivity contribution in [3.63, 3.8) is 0 Å². The number of hydrogen-bond donors (Lipinski definition) is 0. The first kappa shape index (κ1) is 22.2. The van der Waals surface area contributed by atoms with Gasteiger partial charge in [0.05, 0.1) is 16.7 Å². The number of carbonyl (C=O) groups is 2. The van der Waals surface area contributed by atoms with Crippen molar-refractivity contribution in [3.8, 4) is 5.75 Å². The van der Waals surface area contributed by atoms with E-state index in [2.05, 4.69) is 5.10 Å². The summed E-state index contributed by atoms with van der Waals surface area (Å²) in [6.07, 6.45) is 1.16. The van der Waals surface area contributed by atoms with Crippen molar-refractivity contribution in [2.45, 2.75) is 12.5 Å². The van der Waals surface area contributed by atoms with Gasteiger partial charge in [-0.1, -0.05) is 23.7 Å². The number of hydrazone groups is 1. The SMILES string of the molecule is O=Cc1ccc(OCC(=O)N2N=C(c3ccc([N+](=O)[O-])cc3)CC2c2ccc(Cl)cc2)cc1. The molecule has 0 saturated carbocycles. The number of rotatable bonds is 7. The molecule has 1 aliphatic rings. The second-order valence-corrected chi connectivity index (χ2v) is 7.77. The number of ether oxygens (including phenoxy) is 1. The van der Waals surface area contributed by atoms with Crippen molar-refractivity contribution in [1.29, 1.82) is 0 Å². The number of hydrogen-bond acceptors (Lipinski definition) is 6. The maximum absolute atomic E-state index is 13.0. The van der Waals surface area contributed by atoms with E-state index < -0.39 is 4.92 Å². The highest BCUT2D eigenvalue weighted by molar-refractivity contribution is 6.30. The first-order valence-electron chi connectivity index (χ1n) is 10.0. The average molecular weight is 464 g/mol. The monoisotopic (exact) mass is 463 g/mol. The van der Waals surface area contributed by atoms with Crippen LogP contribution in [0.25, 0.3) is 0 Å². The Morgan fingerprint density at radius 1 is 1.09 bits per heavy atom. The molecule has 0 radical (unpaired) electrons. The smallest absolute Gasteiger partial charge is 0.281 e. The first-order chi connectivity index (χ1) is 15.9. The zero-order chi connectivity index (χ0) is 23.4. The summed E-state index contributed by atoms with van der Waals surface area (Å²) in [7, 11) is 0. The number of non-ortho nitro benzene ring substituents is 1. The highest BCUT2D eigenvalue weighted by Gasteiger charge is 2.33.